The van der Waals surface area contributed by atoms with Gasteiger partial charge in [0.05, 0.1) is 19.8 Å². The van der Waals surface area contributed by atoms with E-state index in [0.717, 1.165) is 11.1 Å². The standard InChI is InChI=1S/C21H37NO5Si/c1-20(2,3)27-19(24)22-9-10-25-18-12-16(14-23)11-17(13-18)15-26-28(7,8)21(4,5)6/h11-13,23H,9-10,14-15H2,1-8H3,(H,22,24). The van der Waals surface area contributed by atoms with Crippen molar-refractivity contribution in [2.45, 2.75) is 78.5 Å². The molecule has 28 heavy (non-hydrogen) atoms. The van der Waals surface area contributed by atoms with Gasteiger partial charge in [0.15, 0.2) is 8.32 Å². The quantitative estimate of drug-likeness (QED) is 0.483. The van der Waals surface area contributed by atoms with Gasteiger partial charge >= 0.3 is 6.09 Å². The molecule has 1 amide bonds. The average molecular weight is 412 g/mol. The number of aliphatic hydroxyl groups excluding tert-OH is 1. The number of carbonyl (C=O) groups is 1. The van der Waals surface area contributed by atoms with Crippen LogP contribution in [0.25, 0.3) is 0 Å². The molecule has 1 aromatic carbocycles. The number of nitrogens with one attached hydrogen (secondary N) is 1. The van der Waals surface area contributed by atoms with Crippen molar-refractivity contribution in [2.75, 3.05) is 13.2 Å². The van der Waals surface area contributed by atoms with Gasteiger partial charge in [-0.2, -0.15) is 0 Å². The number of aliphatic hydroxyl groups is 1. The summed E-state index contributed by atoms with van der Waals surface area (Å²) in [5, 5.41) is 12.3. The zero-order chi connectivity index (χ0) is 21.6. The van der Waals surface area contributed by atoms with Gasteiger partial charge in [-0.1, -0.05) is 26.8 Å². The summed E-state index contributed by atoms with van der Waals surface area (Å²) in [6, 6.07) is 5.64. The fourth-order valence-corrected chi connectivity index (χ4v) is 3.06. The Balaban J connectivity index is 2.63. The summed E-state index contributed by atoms with van der Waals surface area (Å²) in [5.41, 5.74) is 1.21. The molecule has 0 unspecified atom stereocenters. The lowest BCUT2D eigenvalue weighted by molar-refractivity contribution is 0.0520. The van der Waals surface area contributed by atoms with Crippen molar-refractivity contribution >= 4 is 14.4 Å². The Bertz CT molecular complexity index is 647. The third-order valence-corrected chi connectivity index (χ3v) is 9.13. The van der Waals surface area contributed by atoms with Crippen LogP contribution in [0.3, 0.4) is 0 Å². The minimum absolute atomic E-state index is 0.0690. The van der Waals surface area contributed by atoms with E-state index in [1.54, 1.807) is 6.07 Å². The van der Waals surface area contributed by atoms with Crippen molar-refractivity contribution < 1.29 is 23.8 Å². The third-order valence-electron chi connectivity index (χ3n) is 4.65. The molecule has 0 aliphatic heterocycles. The lowest BCUT2D eigenvalue weighted by atomic mass is 10.1. The second-order valence-electron chi connectivity index (χ2n) is 9.47. The van der Waals surface area contributed by atoms with Crippen LogP contribution in [-0.2, 0) is 22.4 Å². The fourth-order valence-electron chi connectivity index (χ4n) is 2.10. The van der Waals surface area contributed by atoms with Gasteiger partial charge in [0.1, 0.15) is 18.0 Å². The second-order valence-corrected chi connectivity index (χ2v) is 14.3. The van der Waals surface area contributed by atoms with Crippen LogP contribution in [0.15, 0.2) is 18.2 Å². The summed E-state index contributed by atoms with van der Waals surface area (Å²) in [6.07, 6.45) is -0.469. The zero-order valence-corrected chi connectivity index (χ0v) is 19.6. The summed E-state index contributed by atoms with van der Waals surface area (Å²) in [4.78, 5) is 11.7. The van der Waals surface area contributed by atoms with Gasteiger partial charge in [0, 0.05) is 0 Å². The van der Waals surface area contributed by atoms with Crippen molar-refractivity contribution in [3.8, 4) is 5.75 Å². The highest BCUT2D eigenvalue weighted by Gasteiger charge is 2.37. The maximum absolute atomic E-state index is 11.7. The topological polar surface area (TPSA) is 77.0 Å². The maximum atomic E-state index is 11.7. The number of benzene rings is 1. The van der Waals surface area contributed by atoms with E-state index < -0.39 is 20.0 Å². The summed E-state index contributed by atoms with van der Waals surface area (Å²) in [5.74, 6) is 0.645. The molecular weight excluding hydrogens is 374 g/mol. The fraction of sp³-hybridized carbons (Fsp3) is 0.667. The van der Waals surface area contributed by atoms with Crippen LogP contribution in [0.5, 0.6) is 5.75 Å². The molecule has 0 atom stereocenters. The molecular formula is C21H37NO5Si. The lowest BCUT2D eigenvalue weighted by Gasteiger charge is -2.36. The van der Waals surface area contributed by atoms with Crippen LogP contribution >= 0.6 is 0 Å². The van der Waals surface area contributed by atoms with Gasteiger partial charge < -0.3 is 24.3 Å². The summed E-state index contributed by atoms with van der Waals surface area (Å²) in [6.45, 7) is 17.5. The van der Waals surface area contributed by atoms with Gasteiger partial charge in [0.2, 0.25) is 0 Å². The van der Waals surface area contributed by atoms with Crippen LogP contribution in [-0.4, -0.2) is 38.3 Å². The molecule has 0 aromatic heterocycles. The first-order valence-electron chi connectivity index (χ1n) is 9.71. The Kier molecular flexibility index (Phi) is 8.53. The van der Waals surface area contributed by atoms with E-state index in [4.69, 9.17) is 13.9 Å². The van der Waals surface area contributed by atoms with Crippen LogP contribution in [0.4, 0.5) is 4.79 Å². The van der Waals surface area contributed by atoms with Crippen LogP contribution in [0, 0.1) is 0 Å². The molecule has 1 rings (SSSR count). The number of hydrogen-bond acceptors (Lipinski definition) is 5. The molecule has 0 radical (unpaired) electrons. The molecule has 0 saturated carbocycles. The Morgan fingerprint density at radius 1 is 1.07 bits per heavy atom. The number of amides is 1. The van der Waals surface area contributed by atoms with Crippen LogP contribution in [0.1, 0.15) is 52.7 Å². The normalized spacial score (nSPS) is 12.6. The Hall–Kier alpha value is -1.57. The molecule has 0 spiro atoms. The number of rotatable bonds is 8. The van der Waals surface area contributed by atoms with Crippen molar-refractivity contribution in [3.05, 3.63) is 29.3 Å². The van der Waals surface area contributed by atoms with E-state index in [-0.39, 0.29) is 11.6 Å². The molecule has 1 aromatic rings. The van der Waals surface area contributed by atoms with E-state index in [1.807, 2.05) is 32.9 Å². The van der Waals surface area contributed by atoms with Gasteiger partial charge in [0.25, 0.3) is 0 Å². The van der Waals surface area contributed by atoms with Crippen LogP contribution in [0.2, 0.25) is 18.1 Å². The van der Waals surface area contributed by atoms with Crippen molar-refractivity contribution in [2.24, 2.45) is 0 Å². The highest BCUT2D eigenvalue weighted by molar-refractivity contribution is 6.74. The monoisotopic (exact) mass is 411 g/mol. The molecule has 0 aliphatic carbocycles. The van der Waals surface area contributed by atoms with Gasteiger partial charge in [-0.25, -0.2) is 4.79 Å². The molecule has 0 fully saturated rings. The third kappa shape index (κ3) is 8.62. The minimum atomic E-state index is -1.86. The minimum Gasteiger partial charge on any atom is -0.492 e. The molecule has 6 nitrogen and oxygen atoms in total. The first-order valence-corrected chi connectivity index (χ1v) is 12.6. The van der Waals surface area contributed by atoms with Crippen LogP contribution < -0.4 is 10.1 Å². The van der Waals surface area contributed by atoms with Crippen molar-refractivity contribution in [1.82, 2.24) is 5.32 Å². The number of hydrogen-bond donors (Lipinski definition) is 2. The second kappa shape index (κ2) is 9.76. The summed E-state index contributed by atoms with van der Waals surface area (Å²) >= 11 is 0. The zero-order valence-electron chi connectivity index (χ0n) is 18.6. The predicted octanol–water partition coefficient (Wildman–Crippen LogP) is 4.60. The molecule has 0 saturated heterocycles. The lowest BCUT2D eigenvalue weighted by Crippen LogP contribution is -2.40. The first kappa shape index (κ1) is 24.5. The Morgan fingerprint density at radius 2 is 1.68 bits per heavy atom. The molecule has 0 bridgehead atoms. The SMILES string of the molecule is CC(C)(C)OC(=O)NCCOc1cc(CO)cc(CO[Si](C)(C)C(C)(C)C)c1. The van der Waals surface area contributed by atoms with Gasteiger partial charge in [-0.3, -0.25) is 0 Å². The van der Waals surface area contributed by atoms with Gasteiger partial charge in [-0.05, 0) is 62.2 Å². The molecule has 160 valence electrons. The molecule has 2 N–H and O–H groups in total. The average Bonchev–Trinajstić information content (AvgIpc) is 2.54. The van der Waals surface area contributed by atoms with E-state index in [2.05, 4.69) is 39.2 Å². The Labute approximate surface area is 170 Å². The Morgan fingerprint density at radius 3 is 2.21 bits per heavy atom. The first-order chi connectivity index (χ1) is 12.7. The largest absolute Gasteiger partial charge is 0.492 e. The number of carbonyl (C=O) groups excluding carboxylic acids is 1. The summed E-state index contributed by atoms with van der Waals surface area (Å²) in [7, 11) is -1.86. The number of alkyl carbamates (subject to hydrolysis) is 1. The van der Waals surface area contributed by atoms with Gasteiger partial charge in [-0.15, -0.1) is 0 Å². The highest BCUT2D eigenvalue weighted by Crippen LogP contribution is 2.37. The smallest absolute Gasteiger partial charge is 0.407 e. The molecule has 0 aliphatic rings. The number of ether oxygens (including phenoxy) is 2. The highest BCUT2D eigenvalue weighted by atomic mass is 28.4. The van der Waals surface area contributed by atoms with E-state index in [9.17, 15) is 9.90 Å². The van der Waals surface area contributed by atoms with Crippen molar-refractivity contribution in [3.63, 3.8) is 0 Å². The van der Waals surface area contributed by atoms with E-state index >= 15 is 0 Å². The molecule has 0 heterocycles. The maximum Gasteiger partial charge on any atom is 0.407 e. The van der Waals surface area contributed by atoms with Crippen molar-refractivity contribution in [1.29, 1.82) is 0 Å². The predicted molar refractivity (Wildman–Crippen MR) is 114 cm³/mol. The van der Waals surface area contributed by atoms with E-state index in [0.29, 0.717) is 25.5 Å². The molecule has 7 heteroatoms. The summed E-state index contributed by atoms with van der Waals surface area (Å²) < 4.78 is 17.2. The van der Waals surface area contributed by atoms with E-state index in [1.165, 1.54) is 0 Å².